The van der Waals surface area contributed by atoms with Crippen molar-refractivity contribution in [2.75, 3.05) is 20.1 Å². The number of hydrogen-bond acceptors (Lipinski definition) is 4. The van der Waals surface area contributed by atoms with Crippen LogP contribution in [0.2, 0.25) is 0 Å². The summed E-state index contributed by atoms with van der Waals surface area (Å²) in [6, 6.07) is 1.34. The molecule has 1 atom stereocenters. The smallest absolute Gasteiger partial charge is 0.267 e. The van der Waals surface area contributed by atoms with Gasteiger partial charge in [0.05, 0.1) is 0 Å². The largest absolute Gasteiger partial charge is 0.354 e. The second-order valence-corrected chi connectivity index (χ2v) is 6.96. The van der Waals surface area contributed by atoms with E-state index in [1.807, 2.05) is 0 Å². The van der Waals surface area contributed by atoms with Gasteiger partial charge in [0.1, 0.15) is 10.6 Å². The summed E-state index contributed by atoms with van der Waals surface area (Å²) in [5.74, 6) is -0.308. The van der Waals surface area contributed by atoms with Crippen molar-refractivity contribution in [2.45, 2.75) is 30.2 Å². The average molecular weight is 314 g/mol. The molecular formula is C13H22N4O3S. The van der Waals surface area contributed by atoms with Crippen LogP contribution < -0.4 is 15.4 Å². The molecule has 1 aliphatic rings. The highest BCUT2D eigenvalue weighted by molar-refractivity contribution is 7.89. The predicted octanol–water partition coefficient (Wildman–Crippen LogP) is -0.195. The number of hydrogen-bond donors (Lipinski definition) is 3. The van der Waals surface area contributed by atoms with E-state index < -0.39 is 10.0 Å². The van der Waals surface area contributed by atoms with E-state index in [1.165, 1.54) is 23.9 Å². The average Bonchev–Trinajstić information content (AvgIpc) is 2.67. The van der Waals surface area contributed by atoms with Crippen LogP contribution in [0, 0.1) is 0 Å². The summed E-state index contributed by atoms with van der Waals surface area (Å²) in [6.07, 6.45) is 4.00. The number of aromatic nitrogens is 1. The Labute approximate surface area is 125 Å². The molecule has 1 unspecified atom stereocenters. The van der Waals surface area contributed by atoms with Crippen LogP contribution in [0.3, 0.4) is 0 Å². The lowest BCUT2D eigenvalue weighted by Crippen LogP contribution is -2.35. The number of nitrogens with zero attached hydrogens (tertiary/aromatic N) is 1. The van der Waals surface area contributed by atoms with Crippen molar-refractivity contribution < 1.29 is 13.2 Å². The van der Waals surface area contributed by atoms with E-state index >= 15 is 0 Å². The summed E-state index contributed by atoms with van der Waals surface area (Å²) in [5.41, 5.74) is 0.320. The van der Waals surface area contributed by atoms with Crippen molar-refractivity contribution in [2.24, 2.45) is 7.05 Å². The van der Waals surface area contributed by atoms with Gasteiger partial charge in [0.25, 0.3) is 5.91 Å². The first kappa shape index (κ1) is 16.0. The summed E-state index contributed by atoms with van der Waals surface area (Å²) < 4.78 is 29.1. The van der Waals surface area contributed by atoms with Crippen LogP contribution in [-0.4, -0.2) is 45.1 Å². The second-order valence-electron chi connectivity index (χ2n) is 5.25. The highest BCUT2D eigenvalue weighted by Crippen LogP contribution is 2.16. The van der Waals surface area contributed by atoms with Gasteiger partial charge in [-0.3, -0.25) is 4.79 Å². The molecule has 1 amide bonds. The maximum atomic E-state index is 12.4. The van der Waals surface area contributed by atoms with E-state index in [0.29, 0.717) is 5.69 Å². The quantitative estimate of drug-likeness (QED) is 0.718. The Balaban J connectivity index is 2.17. The number of amides is 1. The summed E-state index contributed by atoms with van der Waals surface area (Å²) in [6.45, 7) is 1.73. The van der Waals surface area contributed by atoms with Gasteiger partial charge in [-0.05, 0) is 38.4 Å². The molecule has 0 bridgehead atoms. The van der Waals surface area contributed by atoms with Gasteiger partial charge in [-0.25, -0.2) is 13.1 Å². The highest BCUT2D eigenvalue weighted by atomic mass is 32.2. The predicted molar refractivity (Wildman–Crippen MR) is 79.6 cm³/mol. The fourth-order valence-corrected chi connectivity index (χ4v) is 3.83. The monoisotopic (exact) mass is 314 g/mol. The van der Waals surface area contributed by atoms with Crippen LogP contribution in [-0.2, 0) is 17.1 Å². The van der Waals surface area contributed by atoms with Gasteiger partial charge in [0, 0.05) is 26.3 Å². The van der Waals surface area contributed by atoms with E-state index in [2.05, 4.69) is 15.4 Å². The van der Waals surface area contributed by atoms with Crippen LogP contribution in [0.25, 0.3) is 0 Å². The summed E-state index contributed by atoms with van der Waals surface area (Å²) in [7, 11) is -0.432. The molecular weight excluding hydrogens is 292 g/mol. The molecule has 1 saturated heterocycles. The molecule has 1 fully saturated rings. The molecule has 2 heterocycles. The lowest BCUT2D eigenvalue weighted by molar-refractivity contribution is 0.0955. The molecule has 21 heavy (non-hydrogen) atoms. The standard InChI is InChI=1S/C13H22N4O3S/c1-14-13(18)12-8-11(9-17(12)2)21(19,20)16-10-4-3-6-15-7-5-10/h8-10,15-16H,3-7H2,1-2H3,(H,14,18). The van der Waals surface area contributed by atoms with Gasteiger partial charge in [-0.1, -0.05) is 0 Å². The van der Waals surface area contributed by atoms with E-state index in [0.717, 1.165) is 32.4 Å². The summed E-state index contributed by atoms with van der Waals surface area (Å²) in [5, 5.41) is 5.74. The van der Waals surface area contributed by atoms with E-state index in [1.54, 1.807) is 7.05 Å². The zero-order valence-electron chi connectivity index (χ0n) is 12.3. The zero-order chi connectivity index (χ0) is 15.5. The summed E-state index contributed by atoms with van der Waals surface area (Å²) in [4.78, 5) is 11.8. The topological polar surface area (TPSA) is 92.2 Å². The van der Waals surface area contributed by atoms with Crippen molar-refractivity contribution >= 4 is 15.9 Å². The Hall–Kier alpha value is -1.38. The normalized spacial score (nSPS) is 20.0. The van der Waals surface area contributed by atoms with Crippen LogP contribution in [0.5, 0.6) is 0 Å². The van der Waals surface area contributed by atoms with Gasteiger partial charge < -0.3 is 15.2 Å². The summed E-state index contributed by atoms with van der Waals surface area (Å²) >= 11 is 0. The van der Waals surface area contributed by atoms with Gasteiger partial charge in [-0.2, -0.15) is 0 Å². The third kappa shape index (κ3) is 3.84. The Kier molecular flexibility index (Phi) is 5.02. The van der Waals surface area contributed by atoms with Crippen molar-refractivity contribution in [3.05, 3.63) is 18.0 Å². The second kappa shape index (κ2) is 6.59. The lowest BCUT2D eigenvalue weighted by Gasteiger charge is -2.15. The molecule has 0 spiro atoms. The number of carbonyl (C=O) groups excluding carboxylic acids is 1. The fraction of sp³-hybridized carbons (Fsp3) is 0.615. The minimum absolute atomic E-state index is 0.0614. The lowest BCUT2D eigenvalue weighted by atomic mass is 10.1. The molecule has 2 rings (SSSR count). The van der Waals surface area contributed by atoms with Gasteiger partial charge in [0.15, 0.2) is 0 Å². The van der Waals surface area contributed by atoms with Crippen LogP contribution in [0.15, 0.2) is 17.2 Å². The van der Waals surface area contributed by atoms with Gasteiger partial charge >= 0.3 is 0 Å². The third-order valence-corrected chi connectivity index (χ3v) is 5.13. The Morgan fingerprint density at radius 2 is 2.14 bits per heavy atom. The van der Waals surface area contributed by atoms with Crippen molar-refractivity contribution in [3.8, 4) is 0 Å². The molecule has 0 aliphatic carbocycles. The van der Waals surface area contributed by atoms with Crippen LogP contribution >= 0.6 is 0 Å². The molecule has 1 aliphatic heterocycles. The molecule has 8 heteroatoms. The maximum Gasteiger partial charge on any atom is 0.267 e. The molecule has 1 aromatic rings. The minimum Gasteiger partial charge on any atom is -0.354 e. The first-order chi connectivity index (χ1) is 9.94. The van der Waals surface area contributed by atoms with Crippen LogP contribution in [0.4, 0.5) is 0 Å². The van der Waals surface area contributed by atoms with Gasteiger partial charge in [-0.15, -0.1) is 0 Å². The third-order valence-electron chi connectivity index (χ3n) is 3.65. The number of rotatable bonds is 4. The Morgan fingerprint density at radius 3 is 2.86 bits per heavy atom. The van der Waals surface area contributed by atoms with Crippen molar-refractivity contribution in [3.63, 3.8) is 0 Å². The molecule has 118 valence electrons. The molecule has 0 radical (unpaired) electrons. The zero-order valence-corrected chi connectivity index (χ0v) is 13.2. The Bertz CT molecular complexity index is 601. The maximum absolute atomic E-state index is 12.4. The number of nitrogens with one attached hydrogen (secondary N) is 3. The number of carbonyl (C=O) groups is 1. The first-order valence-corrected chi connectivity index (χ1v) is 8.54. The van der Waals surface area contributed by atoms with E-state index in [-0.39, 0.29) is 16.8 Å². The number of aryl methyl sites for hydroxylation is 1. The Morgan fingerprint density at radius 1 is 1.38 bits per heavy atom. The SMILES string of the molecule is CNC(=O)c1cc(S(=O)(=O)NC2CCCNCC2)cn1C. The highest BCUT2D eigenvalue weighted by Gasteiger charge is 2.24. The molecule has 1 aromatic heterocycles. The van der Waals surface area contributed by atoms with Crippen LogP contribution in [0.1, 0.15) is 29.8 Å². The first-order valence-electron chi connectivity index (χ1n) is 7.05. The molecule has 3 N–H and O–H groups in total. The van der Waals surface area contributed by atoms with Crippen molar-refractivity contribution in [1.29, 1.82) is 0 Å². The molecule has 0 aromatic carbocycles. The van der Waals surface area contributed by atoms with Gasteiger partial charge in [0.2, 0.25) is 10.0 Å². The molecule has 0 saturated carbocycles. The number of sulfonamides is 1. The minimum atomic E-state index is -3.60. The molecule has 7 nitrogen and oxygen atoms in total. The van der Waals surface area contributed by atoms with E-state index in [4.69, 9.17) is 0 Å². The fourth-order valence-electron chi connectivity index (χ4n) is 2.46. The van der Waals surface area contributed by atoms with E-state index in [9.17, 15) is 13.2 Å². The van der Waals surface area contributed by atoms with Crippen molar-refractivity contribution in [1.82, 2.24) is 19.9 Å².